The predicted octanol–water partition coefficient (Wildman–Crippen LogP) is 3.49. The Morgan fingerprint density at radius 2 is 1.65 bits per heavy atom. The van der Waals surface area contributed by atoms with Crippen LogP contribution in [-0.2, 0) is 0 Å². The highest BCUT2D eigenvalue weighted by Crippen LogP contribution is 2.29. The van der Waals surface area contributed by atoms with Gasteiger partial charge < -0.3 is 9.80 Å². The van der Waals surface area contributed by atoms with Crippen molar-refractivity contribution in [2.24, 2.45) is 0 Å². The second kappa shape index (κ2) is 7.44. The van der Waals surface area contributed by atoms with Gasteiger partial charge in [-0.15, -0.1) is 0 Å². The maximum atomic E-state index is 12.8. The first kappa shape index (κ1) is 18.4. The maximum Gasteiger partial charge on any atom is 0.254 e. The lowest BCUT2D eigenvalue weighted by Crippen LogP contribution is -2.49. The van der Waals surface area contributed by atoms with Crippen molar-refractivity contribution in [3.05, 3.63) is 52.5 Å². The third-order valence-electron chi connectivity index (χ3n) is 5.05. The predicted molar refractivity (Wildman–Crippen MR) is 105 cm³/mol. The van der Waals surface area contributed by atoms with Crippen LogP contribution in [0.4, 0.5) is 5.82 Å². The highest BCUT2D eigenvalue weighted by atomic mass is 16.2. The molecule has 2 heterocycles. The summed E-state index contributed by atoms with van der Waals surface area (Å²) >= 11 is 0. The van der Waals surface area contributed by atoms with E-state index in [2.05, 4.69) is 30.7 Å². The molecule has 0 saturated carbocycles. The number of hydrogen-bond acceptors (Lipinski definition) is 4. The minimum absolute atomic E-state index is 0.127. The van der Waals surface area contributed by atoms with E-state index in [1.165, 1.54) is 5.56 Å². The second-order valence-electron chi connectivity index (χ2n) is 7.34. The SMILES string of the molecule is Cc1nc(C)c(C(C)C)c(N2CCN(C(=O)c3ccccc3C)CC2)n1. The molecule has 5 nitrogen and oxygen atoms in total. The summed E-state index contributed by atoms with van der Waals surface area (Å²) in [6, 6.07) is 7.80. The summed E-state index contributed by atoms with van der Waals surface area (Å²) in [7, 11) is 0. The Labute approximate surface area is 156 Å². The van der Waals surface area contributed by atoms with E-state index < -0.39 is 0 Å². The number of piperazine rings is 1. The summed E-state index contributed by atoms with van der Waals surface area (Å²) in [5.41, 5.74) is 4.11. The molecule has 1 fully saturated rings. The molecule has 0 spiro atoms. The van der Waals surface area contributed by atoms with Gasteiger partial charge in [0.05, 0.1) is 0 Å². The van der Waals surface area contributed by atoms with Gasteiger partial charge >= 0.3 is 0 Å². The average Bonchev–Trinajstić information content (AvgIpc) is 2.60. The molecule has 1 amide bonds. The minimum Gasteiger partial charge on any atom is -0.353 e. The fourth-order valence-electron chi connectivity index (χ4n) is 3.72. The van der Waals surface area contributed by atoms with Crippen molar-refractivity contribution in [2.45, 2.75) is 40.5 Å². The molecule has 1 aromatic heterocycles. The Morgan fingerprint density at radius 3 is 2.27 bits per heavy atom. The number of carbonyl (C=O) groups is 1. The summed E-state index contributed by atoms with van der Waals surface area (Å²) in [6.45, 7) is 13.4. The van der Waals surface area contributed by atoms with Crippen LogP contribution in [0.3, 0.4) is 0 Å². The molecule has 1 saturated heterocycles. The smallest absolute Gasteiger partial charge is 0.254 e. The van der Waals surface area contributed by atoms with Crippen LogP contribution in [0.2, 0.25) is 0 Å². The molecule has 0 N–H and O–H groups in total. The number of aromatic nitrogens is 2. The summed E-state index contributed by atoms with van der Waals surface area (Å²) in [4.78, 5) is 26.4. The highest BCUT2D eigenvalue weighted by Gasteiger charge is 2.26. The number of hydrogen-bond donors (Lipinski definition) is 0. The van der Waals surface area contributed by atoms with Crippen LogP contribution in [0.25, 0.3) is 0 Å². The van der Waals surface area contributed by atoms with E-state index in [0.717, 1.165) is 41.6 Å². The largest absolute Gasteiger partial charge is 0.353 e. The second-order valence-corrected chi connectivity index (χ2v) is 7.34. The molecule has 2 aromatic rings. The Bertz CT molecular complexity index is 808. The molecule has 0 radical (unpaired) electrons. The summed E-state index contributed by atoms with van der Waals surface area (Å²) in [5.74, 6) is 2.34. The summed E-state index contributed by atoms with van der Waals surface area (Å²) in [5, 5.41) is 0. The van der Waals surface area contributed by atoms with Crippen molar-refractivity contribution in [2.75, 3.05) is 31.1 Å². The van der Waals surface area contributed by atoms with Crippen molar-refractivity contribution in [3.63, 3.8) is 0 Å². The van der Waals surface area contributed by atoms with Gasteiger partial charge in [0.1, 0.15) is 11.6 Å². The van der Waals surface area contributed by atoms with Crippen LogP contribution in [0.15, 0.2) is 24.3 Å². The van der Waals surface area contributed by atoms with Crippen molar-refractivity contribution in [1.82, 2.24) is 14.9 Å². The lowest BCUT2D eigenvalue weighted by Gasteiger charge is -2.37. The molecule has 0 bridgehead atoms. The van der Waals surface area contributed by atoms with Gasteiger partial charge in [-0.2, -0.15) is 0 Å². The number of carbonyl (C=O) groups excluding carboxylic acids is 1. The number of anilines is 1. The Balaban J connectivity index is 1.77. The zero-order chi connectivity index (χ0) is 18.8. The normalized spacial score (nSPS) is 14.8. The van der Waals surface area contributed by atoms with Crippen molar-refractivity contribution in [3.8, 4) is 0 Å². The van der Waals surface area contributed by atoms with Gasteiger partial charge in [0.2, 0.25) is 0 Å². The molecule has 1 aliphatic rings. The fourth-order valence-corrected chi connectivity index (χ4v) is 3.72. The van der Waals surface area contributed by atoms with Gasteiger partial charge in [0.15, 0.2) is 0 Å². The lowest BCUT2D eigenvalue weighted by atomic mass is 10.0. The molecule has 0 aliphatic carbocycles. The van der Waals surface area contributed by atoms with E-state index in [-0.39, 0.29) is 5.91 Å². The van der Waals surface area contributed by atoms with Gasteiger partial charge in [0, 0.05) is 43.0 Å². The molecule has 1 aromatic carbocycles. The number of rotatable bonds is 3. The van der Waals surface area contributed by atoms with E-state index in [9.17, 15) is 4.79 Å². The standard InChI is InChI=1S/C21H28N4O/c1-14(2)19-16(4)22-17(5)23-20(19)24-10-12-25(13-11-24)21(26)18-9-7-6-8-15(18)3/h6-9,14H,10-13H2,1-5H3. The summed E-state index contributed by atoms with van der Waals surface area (Å²) in [6.07, 6.45) is 0. The van der Waals surface area contributed by atoms with Gasteiger partial charge in [-0.3, -0.25) is 4.79 Å². The monoisotopic (exact) mass is 352 g/mol. The zero-order valence-electron chi connectivity index (χ0n) is 16.4. The quantitative estimate of drug-likeness (QED) is 0.848. The first-order valence-electron chi connectivity index (χ1n) is 9.33. The Hall–Kier alpha value is -2.43. The van der Waals surface area contributed by atoms with E-state index in [1.807, 2.05) is 43.0 Å². The molecule has 5 heteroatoms. The van der Waals surface area contributed by atoms with Crippen LogP contribution in [-0.4, -0.2) is 47.0 Å². The summed E-state index contributed by atoms with van der Waals surface area (Å²) < 4.78 is 0. The molecule has 1 aliphatic heterocycles. The van der Waals surface area contributed by atoms with E-state index in [4.69, 9.17) is 4.98 Å². The number of benzene rings is 1. The van der Waals surface area contributed by atoms with Gasteiger partial charge in [-0.25, -0.2) is 9.97 Å². The van der Waals surface area contributed by atoms with Crippen LogP contribution >= 0.6 is 0 Å². The molecule has 0 unspecified atom stereocenters. The van der Waals surface area contributed by atoms with Crippen LogP contribution in [0.1, 0.15) is 52.8 Å². The Morgan fingerprint density at radius 1 is 1.00 bits per heavy atom. The molecular formula is C21H28N4O. The van der Waals surface area contributed by atoms with Crippen LogP contribution in [0.5, 0.6) is 0 Å². The van der Waals surface area contributed by atoms with Crippen LogP contribution in [0, 0.1) is 20.8 Å². The van der Waals surface area contributed by atoms with E-state index >= 15 is 0 Å². The topological polar surface area (TPSA) is 49.3 Å². The molecule has 0 atom stereocenters. The lowest BCUT2D eigenvalue weighted by molar-refractivity contribution is 0.0745. The highest BCUT2D eigenvalue weighted by molar-refractivity contribution is 5.95. The minimum atomic E-state index is 0.127. The van der Waals surface area contributed by atoms with Gasteiger partial charge in [-0.05, 0) is 38.3 Å². The van der Waals surface area contributed by atoms with E-state index in [0.29, 0.717) is 19.0 Å². The first-order chi connectivity index (χ1) is 12.4. The Kier molecular flexibility index (Phi) is 5.25. The van der Waals surface area contributed by atoms with Crippen molar-refractivity contribution in [1.29, 1.82) is 0 Å². The first-order valence-corrected chi connectivity index (χ1v) is 9.33. The van der Waals surface area contributed by atoms with Gasteiger partial charge in [0.25, 0.3) is 5.91 Å². The molecule has 138 valence electrons. The number of aryl methyl sites for hydroxylation is 3. The third-order valence-corrected chi connectivity index (χ3v) is 5.05. The average molecular weight is 352 g/mol. The van der Waals surface area contributed by atoms with Crippen molar-refractivity contribution < 1.29 is 4.79 Å². The number of amides is 1. The van der Waals surface area contributed by atoms with Gasteiger partial charge in [-0.1, -0.05) is 32.0 Å². The third kappa shape index (κ3) is 3.57. The fraction of sp³-hybridized carbons (Fsp3) is 0.476. The molecule has 26 heavy (non-hydrogen) atoms. The molecular weight excluding hydrogens is 324 g/mol. The van der Waals surface area contributed by atoms with Crippen molar-refractivity contribution >= 4 is 11.7 Å². The van der Waals surface area contributed by atoms with Crippen LogP contribution < -0.4 is 4.90 Å². The van der Waals surface area contributed by atoms with E-state index in [1.54, 1.807) is 0 Å². The zero-order valence-corrected chi connectivity index (χ0v) is 16.4. The maximum absolute atomic E-state index is 12.8. The number of nitrogens with zero attached hydrogens (tertiary/aromatic N) is 4. The molecule has 3 rings (SSSR count).